The highest BCUT2D eigenvalue weighted by Crippen LogP contribution is 2.13. The predicted octanol–water partition coefficient (Wildman–Crippen LogP) is 1.62. The molecule has 4 rings (SSSR count). The van der Waals surface area contributed by atoms with E-state index in [2.05, 4.69) is 14.8 Å². The number of benzene rings is 1. The van der Waals surface area contributed by atoms with Crippen molar-refractivity contribution in [1.29, 1.82) is 0 Å². The smallest absolute Gasteiger partial charge is 0.275 e. The molecule has 9 heteroatoms. The SMILES string of the molecule is O=C(c1coc(CN(CCN2CCOCC2)Cc2ccc(F)cc2)n1)N1CCOCC1. The van der Waals surface area contributed by atoms with Crippen LogP contribution in [0.4, 0.5) is 4.39 Å². The number of aromatic nitrogens is 1. The second-order valence-electron chi connectivity index (χ2n) is 7.82. The first-order valence-electron chi connectivity index (χ1n) is 10.8. The number of nitrogens with zero attached hydrogens (tertiary/aromatic N) is 4. The van der Waals surface area contributed by atoms with Gasteiger partial charge in [0, 0.05) is 45.8 Å². The van der Waals surface area contributed by atoms with Gasteiger partial charge >= 0.3 is 0 Å². The van der Waals surface area contributed by atoms with Gasteiger partial charge < -0.3 is 18.8 Å². The Bertz CT molecular complexity index is 832. The van der Waals surface area contributed by atoms with Crippen molar-refractivity contribution < 1.29 is 23.1 Å². The molecule has 1 amide bonds. The van der Waals surface area contributed by atoms with Gasteiger partial charge in [0.25, 0.3) is 5.91 Å². The number of carbonyl (C=O) groups is 1. The molecule has 0 atom stereocenters. The maximum absolute atomic E-state index is 13.3. The highest BCUT2D eigenvalue weighted by atomic mass is 19.1. The van der Waals surface area contributed by atoms with Crippen molar-refractivity contribution in [2.75, 3.05) is 65.7 Å². The summed E-state index contributed by atoms with van der Waals surface area (Å²) in [5.41, 5.74) is 1.34. The third kappa shape index (κ3) is 6.33. The molecule has 2 aromatic rings. The molecular formula is C22H29FN4O4. The summed E-state index contributed by atoms with van der Waals surface area (Å²) < 4.78 is 29.7. The van der Waals surface area contributed by atoms with Crippen molar-refractivity contribution in [3.8, 4) is 0 Å². The van der Waals surface area contributed by atoms with E-state index < -0.39 is 0 Å². The average molecular weight is 432 g/mol. The predicted molar refractivity (Wildman–Crippen MR) is 111 cm³/mol. The first-order chi connectivity index (χ1) is 15.2. The molecule has 1 aromatic carbocycles. The van der Waals surface area contributed by atoms with E-state index in [1.165, 1.54) is 18.4 Å². The van der Waals surface area contributed by atoms with Crippen LogP contribution in [0.15, 0.2) is 34.9 Å². The van der Waals surface area contributed by atoms with Crippen molar-refractivity contribution in [3.05, 3.63) is 53.5 Å². The molecule has 0 unspecified atom stereocenters. The molecule has 0 saturated carbocycles. The van der Waals surface area contributed by atoms with E-state index in [0.29, 0.717) is 51.0 Å². The number of morpholine rings is 2. The lowest BCUT2D eigenvalue weighted by Crippen LogP contribution is -2.41. The second kappa shape index (κ2) is 10.8. The Kier molecular flexibility index (Phi) is 7.63. The molecule has 2 aliphatic rings. The summed E-state index contributed by atoms with van der Waals surface area (Å²) in [7, 11) is 0. The number of halogens is 1. The lowest BCUT2D eigenvalue weighted by atomic mass is 10.2. The molecule has 1 aromatic heterocycles. The first-order valence-corrected chi connectivity index (χ1v) is 10.8. The van der Waals surface area contributed by atoms with Crippen LogP contribution in [0.5, 0.6) is 0 Å². The van der Waals surface area contributed by atoms with E-state index >= 15 is 0 Å². The summed E-state index contributed by atoms with van der Waals surface area (Å²) in [5, 5.41) is 0. The van der Waals surface area contributed by atoms with E-state index in [4.69, 9.17) is 13.9 Å². The molecule has 0 spiro atoms. The van der Waals surface area contributed by atoms with Gasteiger partial charge in [-0.25, -0.2) is 9.37 Å². The number of amides is 1. The van der Waals surface area contributed by atoms with Gasteiger partial charge in [0.2, 0.25) is 5.89 Å². The zero-order chi connectivity index (χ0) is 21.5. The summed E-state index contributed by atoms with van der Waals surface area (Å²) >= 11 is 0. The highest BCUT2D eigenvalue weighted by molar-refractivity contribution is 5.92. The van der Waals surface area contributed by atoms with Gasteiger partial charge in [-0.2, -0.15) is 0 Å². The van der Waals surface area contributed by atoms with E-state index in [1.807, 2.05) is 0 Å². The van der Waals surface area contributed by atoms with Crippen LogP contribution in [-0.4, -0.2) is 91.3 Å². The van der Waals surface area contributed by atoms with Gasteiger partial charge in [-0.05, 0) is 17.7 Å². The van der Waals surface area contributed by atoms with E-state index in [-0.39, 0.29) is 11.7 Å². The Balaban J connectivity index is 1.39. The highest BCUT2D eigenvalue weighted by Gasteiger charge is 2.22. The molecule has 0 radical (unpaired) electrons. The Morgan fingerprint density at radius 2 is 1.68 bits per heavy atom. The molecule has 31 heavy (non-hydrogen) atoms. The van der Waals surface area contributed by atoms with Crippen LogP contribution in [0.1, 0.15) is 21.9 Å². The van der Waals surface area contributed by atoms with Crippen LogP contribution in [0.25, 0.3) is 0 Å². The molecule has 0 N–H and O–H groups in total. The summed E-state index contributed by atoms with van der Waals surface area (Å²) in [6.45, 7) is 8.37. The lowest BCUT2D eigenvalue weighted by Gasteiger charge is -2.29. The van der Waals surface area contributed by atoms with Gasteiger partial charge in [-0.3, -0.25) is 14.6 Å². The monoisotopic (exact) mass is 432 g/mol. The number of hydrogen-bond donors (Lipinski definition) is 0. The summed E-state index contributed by atoms with van der Waals surface area (Å²) in [4.78, 5) is 23.4. The molecule has 0 bridgehead atoms. The van der Waals surface area contributed by atoms with Crippen molar-refractivity contribution >= 4 is 5.91 Å². The van der Waals surface area contributed by atoms with Gasteiger partial charge in [-0.1, -0.05) is 12.1 Å². The number of hydrogen-bond acceptors (Lipinski definition) is 7. The van der Waals surface area contributed by atoms with Gasteiger partial charge in [0.05, 0.1) is 33.0 Å². The van der Waals surface area contributed by atoms with E-state index in [9.17, 15) is 9.18 Å². The van der Waals surface area contributed by atoms with Gasteiger partial charge in [0.1, 0.15) is 12.1 Å². The second-order valence-corrected chi connectivity index (χ2v) is 7.82. The van der Waals surface area contributed by atoms with Crippen LogP contribution in [-0.2, 0) is 22.6 Å². The number of carbonyl (C=O) groups excluding carboxylic acids is 1. The summed E-state index contributed by atoms with van der Waals surface area (Å²) in [6, 6.07) is 6.53. The fourth-order valence-electron chi connectivity index (χ4n) is 3.77. The quantitative estimate of drug-likeness (QED) is 0.628. The van der Waals surface area contributed by atoms with Crippen LogP contribution in [0.2, 0.25) is 0 Å². The Hall–Kier alpha value is -2.33. The average Bonchev–Trinajstić information content (AvgIpc) is 3.28. The van der Waals surface area contributed by atoms with Crippen LogP contribution < -0.4 is 0 Å². The molecule has 0 aliphatic carbocycles. The largest absolute Gasteiger partial charge is 0.447 e. The van der Waals surface area contributed by atoms with Crippen molar-refractivity contribution in [2.45, 2.75) is 13.1 Å². The molecule has 2 saturated heterocycles. The lowest BCUT2D eigenvalue weighted by molar-refractivity contribution is 0.0299. The van der Waals surface area contributed by atoms with Crippen molar-refractivity contribution in [2.24, 2.45) is 0 Å². The third-order valence-electron chi connectivity index (χ3n) is 5.58. The Morgan fingerprint density at radius 3 is 2.39 bits per heavy atom. The number of oxazole rings is 1. The Morgan fingerprint density at radius 1 is 1.00 bits per heavy atom. The summed E-state index contributed by atoms with van der Waals surface area (Å²) in [6.07, 6.45) is 1.44. The third-order valence-corrected chi connectivity index (χ3v) is 5.58. The minimum absolute atomic E-state index is 0.128. The zero-order valence-corrected chi connectivity index (χ0v) is 17.7. The standard InChI is InChI=1S/C22H29FN4O4/c23-19-3-1-18(2-4-19)15-26(6-5-25-7-11-29-12-8-25)16-21-24-20(17-31-21)22(28)27-9-13-30-14-10-27/h1-4,17H,5-16H2. The van der Waals surface area contributed by atoms with Crippen molar-refractivity contribution in [3.63, 3.8) is 0 Å². The fraction of sp³-hybridized carbons (Fsp3) is 0.545. The Labute approximate surface area is 181 Å². The van der Waals surface area contributed by atoms with E-state index in [1.54, 1.807) is 17.0 Å². The number of rotatable bonds is 8. The normalized spacial score (nSPS) is 17.9. The maximum Gasteiger partial charge on any atom is 0.275 e. The molecule has 168 valence electrons. The molecule has 8 nitrogen and oxygen atoms in total. The van der Waals surface area contributed by atoms with Crippen LogP contribution in [0, 0.1) is 5.82 Å². The van der Waals surface area contributed by atoms with Crippen molar-refractivity contribution in [1.82, 2.24) is 19.7 Å². The van der Waals surface area contributed by atoms with Crippen LogP contribution >= 0.6 is 0 Å². The molecule has 2 aliphatic heterocycles. The molecular weight excluding hydrogens is 403 g/mol. The molecule has 3 heterocycles. The van der Waals surface area contributed by atoms with Crippen LogP contribution in [0.3, 0.4) is 0 Å². The van der Waals surface area contributed by atoms with Gasteiger partial charge in [0.15, 0.2) is 5.69 Å². The van der Waals surface area contributed by atoms with Gasteiger partial charge in [-0.15, -0.1) is 0 Å². The maximum atomic E-state index is 13.3. The minimum Gasteiger partial charge on any atom is -0.447 e. The minimum atomic E-state index is -0.248. The number of ether oxygens (including phenoxy) is 2. The topological polar surface area (TPSA) is 71.3 Å². The first kappa shape index (κ1) is 21.9. The van der Waals surface area contributed by atoms with E-state index in [0.717, 1.165) is 45.0 Å². The summed E-state index contributed by atoms with van der Waals surface area (Å²) in [5.74, 6) is 0.125. The molecule has 2 fully saturated rings. The fourth-order valence-corrected chi connectivity index (χ4v) is 3.77. The zero-order valence-electron chi connectivity index (χ0n) is 17.7.